The highest BCUT2D eigenvalue weighted by Gasteiger charge is 2.46. The fourth-order valence-electron chi connectivity index (χ4n) is 9.30. The van der Waals surface area contributed by atoms with E-state index in [1.165, 1.54) is 5.06 Å². The van der Waals surface area contributed by atoms with E-state index in [-0.39, 0.29) is 37.4 Å². The fourth-order valence-corrected chi connectivity index (χ4v) is 9.30. The molecule has 0 saturated carbocycles. The number of likely N-dealkylation sites (tertiary alicyclic amines) is 1. The predicted molar refractivity (Wildman–Crippen MR) is 266 cm³/mol. The highest BCUT2D eigenvalue weighted by atomic mass is 16.6. The second kappa shape index (κ2) is 25.4. The minimum atomic E-state index is -1.05. The van der Waals surface area contributed by atoms with Crippen LogP contribution >= 0.6 is 0 Å². The molecule has 0 spiro atoms. The van der Waals surface area contributed by atoms with Crippen molar-refractivity contribution in [3.63, 3.8) is 0 Å². The first-order valence-corrected chi connectivity index (χ1v) is 24.7. The van der Waals surface area contributed by atoms with E-state index < -0.39 is 82.6 Å². The Bertz CT molecular complexity index is 2020. The molecule has 2 saturated heterocycles. The van der Waals surface area contributed by atoms with Crippen LogP contribution in [0.4, 0.5) is 9.59 Å². The van der Waals surface area contributed by atoms with Gasteiger partial charge < -0.3 is 46.2 Å². The lowest BCUT2D eigenvalue weighted by Gasteiger charge is -2.51. The van der Waals surface area contributed by atoms with Crippen LogP contribution < -0.4 is 26.6 Å². The first-order chi connectivity index (χ1) is 32.3. The van der Waals surface area contributed by atoms with Gasteiger partial charge in [-0.3, -0.25) is 19.2 Å². The molecule has 2 aliphatic rings. The molecule has 2 aliphatic heterocycles. The number of benzene rings is 2. The number of nitrogens with zero attached hydrogens (tertiary/aromatic N) is 2. The number of rotatable bonds is 21. The third-order valence-corrected chi connectivity index (χ3v) is 12.5. The maximum absolute atomic E-state index is 14.6. The molecule has 0 aromatic heterocycles. The van der Waals surface area contributed by atoms with Crippen LogP contribution in [0.2, 0.25) is 0 Å². The zero-order valence-corrected chi connectivity index (χ0v) is 42.9. The third-order valence-electron chi connectivity index (χ3n) is 12.5. The van der Waals surface area contributed by atoms with Gasteiger partial charge in [0.1, 0.15) is 30.3 Å². The van der Waals surface area contributed by atoms with Gasteiger partial charge in [-0.05, 0) is 123 Å². The topological polar surface area (TPSA) is 208 Å². The van der Waals surface area contributed by atoms with Gasteiger partial charge in [0, 0.05) is 30.2 Å². The van der Waals surface area contributed by atoms with Gasteiger partial charge in [-0.1, -0.05) is 101 Å². The van der Waals surface area contributed by atoms with Crippen LogP contribution in [-0.2, 0) is 41.7 Å². The van der Waals surface area contributed by atoms with Crippen molar-refractivity contribution >= 4 is 35.8 Å². The van der Waals surface area contributed by atoms with E-state index in [1.807, 2.05) is 114 Å². The van der Waals surface area contributed by atoms with E-state index in [4.69, 9.17) is 9.47 Å². The summed E-state index contributed by atoms with van der Waals surface area (Å²) in [6.45, 7) is 21.3. The van der Waals surface area contributed by atoms with Gasteiger partial charge in [0.25, 0.3) is 0 Å². The molecule has 382 valence electrons. The van der Waals surface area contributed by atoms with E-state index in [0.717, 1.165) is 11.1 Å². The Morgan fingerprint density at radius 1 is 0.812 bits per heavy atom. The van der Waals surface area contributed by atoms with Gasteiger partial charge >= 0.3 is 12.2 Å². The van der Waals surface area contributed by atoms with E-state index in [1.54, 1.807) is 39.5 Å². The molecule has 69 heavy (non-hydrogen) atoms. The number of carbonyl (C=O) groups is 6. The Balaban J connectivity index is 1.50. The van der Waals surface area contributed by atoms with E-state index >= 15 is 0 Å². The van der Waals surface area contributed by atoms with Crippen molar-refractivity contribution in [2.45, 2.75) is 181 Å². The predicted octanol–water partition coefficient (Wildman–Crippen LogP) is 7.19. The number of hydroxylamine groups is 2. The second-order valence-electron chi connectivity index (χ2n) is 21.7. The molecule has 0 bridgehead atoms. The number of piperidine rings is 1. The monoisotopic (exact) mass is 960 g/mol. The minimum absolute atomic E-state index is 0.0987. The van der Waals surface area contributed by atoms with Crippen LogP contribution in [0.3, 0.4) is 0 Å². The van der Waals surface area contributed by atoms with Crippen molar-refractivity contribution in [3.05, 3.63) is 83.9 Å². The van der Waals surface area contributed by atoms with Crippen molar-refractivity contribution < 1.29 is 43.4 Å². The summed E-state index contributed by atoms with van der Waals surface area (Å²) in [6.07, 6.45) is 5.84. The average Bonchev–Trinajstić information content (AvgIpc) is 3.76. The van der Waals surface area contributed by atoms with Crippen LogP contribution in [0, 0.1) is 17.8 Å². The number of ether oxygens (including phenoxy) is 2. The lowest BCUT2D eigenvalue weighted by molar-refractivity contribution is -0.246. The molecule has 0 radical (unpaired) electrons. The number of nitrogens with one attached hydrogen (secondary N) is 5. The lowest BCUT2D eigenvalue weighted by atomic mass is 9.79. The molecule has 16 nitrogen and oxygen atoms in total. The van der Waals surface area contributed by atoms with Gasteiger partial charge in [0.05, 0.1) is 12.0 Å². The van der Waals surface area contributed by atoms with E-state index in [2.05, 4.69) is 26.6 Å². The maximum Gasteiger partial charge on any atom is 0.408 e. The van der Waals surface area contributed by atoms with Crippen LogP contribution in [-0.4, -0.2) is 111 Å². The summed E-state index contributed by atoms with van der Waals surface area (Å²) in [5.41, 5.74) is -0.199. The Hall–Kier alpha value is -5.48. The van der Waals surface area contributed by atoms with Crippen molar-refractivity contribution in [2.24, 2.45) is 17.8 Å². The summed E-state index contributed by atoms with van der Waals surface area (Å²) in [5.74, 6) is -2.54. The number of hydrogen-bond donors (Lipinski definition) is 6. The Morgan fingerprint density at radius 3 is 2.00 bits per heavy atom. The van der Waals surface area contributed by atoms with Gasteiger partial charge in [0.2, 0.25) is 23.6 Å². The molecule has 6 N–H and O–H groups in total. The summed E-state index contributed by atoms with van der Waals surface area (Å²) < 4.78 is 10.9. The number of carbonyl (C=O) groups excluding carboxylic acids is 6. The normalized spacial score (nSPS) is 19.0. The highest BCUT2D eigenvalue weighted by Crippen LogP contribution is 2.36. The molecular formula is C53H81N7O9. The van der Waals surface area contributed by atoms with Gasteiger partial charge in [-0.2, -0.15) is 5.06 Å². The second-order valence-corrected chi connectivity index (χ2v) is 21.7. The fraction of sp³-hybridized carbons (Fsp3) is 0.623. The quantitative estimate of drug-likeness (QED) is 0.0548. The molecule has 16 heteroatoms. The first kappa shape index (κ1) is 56.1. The van der Waals surface area contributed by atoms with Gasteiger partial charge in [-0.25, -0.2) is 9.59 Å². The molecule has 0 aliphatic carbocycles. The summed E-state index contributed by atoms with van der Waals surface area (Å²) in [5, 5.41) is 26.9. The standard InChI is InChI=1S/C53H81N7O9/c1-35(2)30-40(56-50(66)69-51(5,6)7)27-26-39(31-37-20-14-12-15-21-37)48(64)59-29-19-25-43(59)46(62)58-44(36(3)4)47(63)57-42(24-18-28-54-49(65)68-34-38-22-16-13-17-23-38)45(61)55-41-32-52(8,9)60(67)53(10,11)33-41/h12-17,20-23,26-27,35-36,39-44,67H,18-19,24-25,28-34H2,1-11H3,(H,54,65)(H,55,61)(H,56,66)(H,57,63)(H,58,62)/b27-26+/t39-,40-,42+,43+,44+/m1/s1. The zero-order valence-electron chi connectivity index (χ0n) is 42.9. The maximum atomic E-state index is 14.6. The summed E-state index contributed by atoms with van der Waals surface area (Å²) in [7, 11) is 0. The van der Waals surface area contributed by atoms with Crippen molar-refractivity contribution in [1.82, 2.24) is 36.5 Å². The molecule has 2 aromatic carbocycles. The molecule has 6 amide bonds. The van der Waals surface area contributed by atoms with Crippen molar-refractivity contribution in [2.75, 3.05) is 13.1 Å². The summed E-state index contributed by atoms with van der Waals surface area (Å²) >= 11 is 0. The number of amides is 6. The Morgan fingerprint density at radius 2 is 1.42 bits per heavy atom. The van der Waals surface area contributed by atoms with Crippen molar-refractivity contribution in [3.8, 4) is 0 Å². The average molecular weight is 960 g/mol. The molecule has 2 fully saturated rings. The Labute approximate surface area is 410 Å². The van der Waals surface area contributed by atoms with Crippen LogP contribution in [0.25, 0.3) is 0 Å². The van der Waals surface area contributed by atoms with Crippen LogP contribution in [0.5, 0.6) is 0 Å². The molecule has 2 aromatic rings. The zero-order chi connectivity index (χ0) is 51.1. The smallest absolute Gasteiger partial charge is 0.408 e. The van der Waals surface area contributed by atoms with Gasteiger partial charge in [-0.15, -0.1) is 0 Å². The number of hydrogen-bond acceptors (Lipinski definition) is 10. The SMILES string of the molecule is CC(C)C[C@@H](/C=C/[C@H](Cc1ccccc1)C(=O)N1CCC[C@H]1C(=O)N[C@H](C(=O)N[C@@H](CCCNC(=O)OCc1ccccc1)C(=O)NC1CC(C)(C)N(O)C(C)(C)C1)C(C)C)NC(=O)OC(C)(C)C. The Kier molecular flexibility index (Phi) is 20.7. The van der Waals surface area contributed by atoms with E-state index in [0.29, 0.717) is 51.5 Å². The summed E-state index contributed by atoms with van der Waals surface area (Å²) in [4.78, 5) is 84.3. The van der Waals surface area contributed by atoms with E-state index in [9.17, 15) is 34.0 Å². The van der Waals surface area contributed by atoms with Crippen LogP contribution in [0.15, 0.2) is 72.8 Å². The highest BCUT2D eigenvalue weighted by molar-refractivity contribution is 5.95. The molecule has 2 heterocycles. The molecule has 5 atom stereocenters. The molecular weight excluding hydrogens is 879 g/mol. The van der Waals surface area contributed by atoms with Crippen molar-refractivity contribution in [1.29, 1.82) is 0 Å². The third kappa shape index (κ3) is 18.1. The largest absolute Gasteiger partial charge is 0.445 e. The molecule has 4 rings (SSSR count). The van der Waals surface area contributed by atoms with Gasteiger partial charge in [0.15, 0.2) is 0 Å². The molecule has 0 unspecified atom stereocenters. The first-order valence-electron chi connectivity index (χ1n) is 24.7. The lowest BCUT2D eigenvalue weighted by Crippen LogP contribution is -2.64. The minimum Gasteiger partial charge on any atom is -0.445 e. The summed E-state index contributed by atoms with van der Waals surface area (Å²) in [6, 6.07) is 15.2. The number of alkyl carbamates (subject to hydrolysis) is 2. The van der Waals surface area contributed by atoms with Crippen LogP contribution in [0.1, 0.15) is 132 Å².